The fourth-order valence-corrected chi connectivity index (χ4v) is 2.56. The van der Waals surface area contributed by atoms with Gasteiger partial charge < -0.3 is 15.4 Å². The van der Waals surface area contributed by atoms with Crippen molar-refractivity contribution in [2.45, 2.75) is 25.3 Å². The van der Waals surface area contributed by atoms with Crippen LogP contribution in [0.2, 0.25) is 0 Å². The van der Waals surface area contributed by atoms with Crippen molar-refractivity contribution in [2.75, 3.05) is 25.5 Å². The number of rotatable bonds is 4. The number of nitrogens with zero attached hydrogens (tertiary/aromatic N) is 2. The number of benzene rings is 1. The largest absolute Gasteiger partial charge is 0.478 e. The number of hydrogen-bond acceptors (Lipinski definition) is 5. The minimum atomic E-state index is 0.502. The zero-order valence-electron chi connectivity index (χ0n) is 11.7. The zero-order chi connectivity index (χ0) is 13.8. The number of fused-ring (bicyclic) bond motifs is 1. The normalized spacial score (nSPS) is 18.9. The molecule has 1 aliphatic heterocycles. The van der Waals surface area contributed by atoms with Crippen molar-refractivity contribution in [3.63, 3.8) is 0 Å². The molecule has 1 aromatic heterocycles. The molecule has 2 heterocycles. The molecule has 106 valence electrons. The zero-order valence-corrected chi connectivity index (χ0v) is 11.7. The molecule has 5 nitrogen and oxygen atoms in total. The van der Waals surface area contributed by atoms with Crippen molar-refractivity contribution in [3.8, 4) is 5.88 Å². The van der Waals surface area contributed by atoms with E-state index in [9.17, 15) is 0 Å². The Labute approximate surface area is 118 Å². The summed E-state index contributed by atoms with van der Waals surface area (Å²) in [6.07, 6.45) is 3.77. The Bertz CT molecular complexity index is 581. The molecular formula is C15H20N4O. The molecule has 1 aliphatic rings. The summed E-state index contributed by atoms with van der Waals surface area (Å²) in [5.41, 5.74) is 1.73. The van der Waals surface area contributed by atoms with E-state index in [4.69, 9.17) is 4.74 Å². The van der Waals surface area contributed by atoms with Gasteiger partial charge in [-0.05, 0) is 31.5 Å². The molecular weight excluding hydrogens is 252 g/mol. The third kappa shape index (κ3) is 2.82. The fraction of sp³-hybridized carbons (Fsp3) is 0.467. The summed E-state index contributed by atoms with van der Waals surface area (Å²) in [6.45, 7) is 1.95. The minimum Gasteiger partial charge on any atom is -0.478 e. The lowest BCUT2D eigenvalue weighted by Gasteiger charge is -2.24. The van der Waals surface area contributed by atoms with Gasteiger partial charge in [0.05, 0.1) is 18.1 Å². The van der Waals surface area contributed by atoms with E-state index in [0.717, 1.165) is 29.9 Å². The summed E-state index contributed by atoms with van der Waals surface area (Å²) < 4.78 is 5.34. The van der Waals surface area contributed by atoms with Crippen LogP contribution in [0.15, 0.2) is 24.3 Å². The van der Waals surface area contributed by atoms with Gasteiger partial charge in [0, 0.05) is 12.6 Å². The highest BCUT2D eigenvalue weighted by Gasteiger charge is 2.14. The Kier molecular flexibility index (Phi) is 3.97. The molecule has 0 bridgehead atoms. The van der Waals surface area contributed by atoms with Crippen LogP contribution < -0.4 is 15.4 Å². The van der Waals surface area contributed by atoms with Crippen LogP contribution in [0.1, 0.15) is 19.3 Å². The van der Waals surface area contributed by atoms with Crippen molar-refractivity contribution in [1.29, 1.82) is 0 Å². The number of nitrogens with one attached hydrogen (secondary N) is 2. The molecule has 0 spiro atoms. The SMILES string of the molecule is COc1nc2ccccc2nc1NC[C@H]1CCCCN1. The lowest BCUT2D eigenvalue weighted by Crippen LogP contribution is -2.39. The van der Waals surface area contributed by atoms with Gasteiger partial charge in [0.25, 0.3) is 5.88 Å². The summed E-state index contributed by atoms with van der Waals surface area (Å²) >= 11 is 0. The summed E-state index contributed by atoms with van der Waals surface area (Å²) in [4.78, 5) is 9.09. The van der Waals surface area contributed by atoms with Crippen LogP contribution in [-0.4, -0.2) is 36.2 Å². The molecule has 1 atom stereocenters. The number of para-hydroxylation sites is 2. The first-order valence-electron chi connectivity index (χ1n) is 7.15. The molecule has 1 fully saturated rings. The molecule has 3 rings (SSSR count). The second-order valence-corrected chi connectivity index (χ2v) is 5.10. The molecule has 2 N–H and O–H groups in total. The van der Waals surface area contributed by atoms with Crippen molar-refractivity contribution in [2.24, 2.45) is 0 Å². The van der Waals surface area contributed by atoms with Crippen LogP contribution in [0, 0.1) is 0 Å². The van der Waals surface area contributed by atoms with E-state index in [0.29, 0.717) is 11.9 Å². The Morgan fingerprint density at radius 2 is 2.05 bits per heavy atom. The maximum Gasteiger partial charge on any atom is 0.257 e. The quantitative estimate of drug-likeness (QED) is 0.893. The smallest absolute Gasteiger partial charge is 0.257 e. The van der Waals surface area contributed by atoms with Gasteiger partial charge in [-0.3, -0.25) is 0 Å². The highest BCUT2D eigenvalue weighted by molar-refractivity contribution is 5.77. The van der Waals surface area contributed by atoms with Crippen LogP contribution >= 0.6 is 0 Å². The van der Waals surface area contributed by atoms with Crippen molar-refractivity contribution >= 4 is 16.9 Å². The summed E-state index contributed by atoms with van der Waals surface area (Å²) in [5.74, 6) is 1.28. The number of anilines is 1. The molecule has 1 saturated heterocycles. The molecule has 20 heavy (non-hydrogen) atoms. The van der Waals surface area contributed by atoms with Gasteiger partial charge in [-0.15, -0.1) is 0 Å². The Morgan fingerprint density at radius 1 is 1.25 bits per heavy atom. The topological polar surface area (TPSA) is 59.1 Å². The molecule has 0 saturated carbocycles. The average Bonchev–Trinajstić information content (AvgIpc) is 2.53. The lowest BCUT2D eigenvalue weighted by molar-refractivity contribution is 0.396. The second kappa shape index (κ2) is 6.05. The van der Waals surface area contributed by atoms with Gasteiger partial charge >= 0.3 is 0 Å². The third-order valence-corrected chi connectivity index (χ3v) is 3.66. The van der Waals surface area contributed by atoms with Gasteiger partial charge in [0.2, 0.25) is 0 Å². The number of ether oxygens (including phenoxy) is 1. The van der Waals surface area contributed by atoms with E-state index in [-0.39, 0.29) is 0 Å². The van der Waals surface area contributed by atoms with E-state index < -0.39 is 0 Å². The van der Waals surface area contributed by atoms with E-state index in [2.05, 4.69) is 20.6 Å². The molecule has 0 radical (unpaired) electrons. The molecule has 0 amide bonds. The van der Waals surface area contributed by atoms with E-state index in [1.54, 1.807) is 7.11 Å². The predicted molar refractivity (Wildman–Crippen MR) is 80.2 cm³/mol. The Balaban J connectivity index is 1.78. The molecule has 0 aliphatic carbocycles. The molecule has 5 heteroatoms. The Hall–Kier alpha value is -1.88. The van der Waals surface area contributed by atoms with Crippen LogP contribution in [0.3, 0.4) is 0 Å². The van der Waals surface area contributed by atoms with Gasteiger partial charge in [-0.1, -0.05) is 18.6 Å². The standard InChI is InChI=1S/C15H20N4O/c1-20-15-14(17-10-11-6-4-5-9-16-11)18-12-7-2-3-8-13(12)19-15/h2-3,7-8,11,16H,4-6,9-10H2,1H3,(H,17,18)/t11-/m1/s1. The lowest BCUT2D eigenvalue weighted by atomic mass is 10.1. The first-order chi connectivity index (χ1) is 9.86. The van der Waals surface area contributed by atoms with Gasteiger partial charge in [0.1, 0.15) is 0 Å². The van der Waals surface area contributed by atoms with Crippen molar-refractivity contribution in [1.82, 2.24) is 15.3 Å². The van der Waals surface area contributed by atoms with Gasteiger partial charge in [0.15, 0.2) is 5.82 Å². The van der Waals surface area contributed by atoms with Crippen LogP contribution in [-0.2, 0) is 0 Å². The molecule has 1 aromatic carbocycles. The fourth-order valence-electron chi connectivity index (χ4n) is 2.56. The summed E-state index contributed by atoms with van der Waals surface area (Å²) in [5, 5.41) is 6.88. The van der Waals surface area contributed by atoms with Gasteiger partial charge in [-0.2, -0.15) is 0 Å². The van der Waals surface area contributed by atoms with Crippen LogP contribution in [0.4, 0.5) is 5.82 Å². The second-order valence-electron chi connectivity index (χ2n) is 5.10. The van der Waals surface area contributed by atoms with Crippen LogP contribution in [0.5, 0.6) is 5.88 Å². The van der Waals surface area contributed by atoms with E-state index in [1.807, 2.05) is 24.3 Å². The highest BCUT2D eigenvalue weighted by Crippen LogP contribution is 2.23. The third-order valence-electron chi connectivity index (χ3n) is 3.66. The monoisotopic (exact) mass is 272 g/mol. The van der Waals surface area contributed by atoms with E-state index in [1.165, 1.54) is 19.3 Å². The summed E-state index contributed by atoms with van der Waals surface area (Å²) in [7, 11) is 1.63. The van der Waals surface area contributed by atoms with Gasteiger partial charge in [-0.25, -0.2) is 9.97 Å². The molecule has 2 aromatic rings. The first-order valence-corrected chi connectivity index (χ1v) is 7.15. The van der Waals surface area contributed by atoms with E-state index >= 15 is 0 Å². The number of hydrogen-bond donors (Lipinski definition) is 2. The maximum atomic E-state index is 5.34. The maximum absolute atomic E-state index is 5.34. The highest BCUT2D eigenvalue weighted by atomic mass is 16.5. The average molecular weight is 272 g/mol. The summed E-state index contributed by atoms with van der Waals surface area (Å²) in [6, 6.07) is 8.33. The van der Waals surface area contributed by atoms with Crippen LogP contribution in [0.25, 0.3) is 11.0 Å². The molecule has 0 unspecified atom stereocenters. The first kappa shape index (κ1) is 13.1. The van der Waals surface area contributed by atoms with Crippen molar-refractivity contribution in [3.05, 3.63) is 24.3 Å². The number of aromatic nitrogens is 2. The Morgan fingerprint density at radius 3 is 2.75 bits per heavy atom. The van der Waals surface area contributed by atoms with Crippen molar-refractivity contribution < 1.29 is 4.74 Å². The predicted octanol–water partition coefficient (Wildman–Crippen LogP) is 2.19. The minimum absolute atomic E-state index is 0.502. The number of methoxy groups -OCH3 is 1. The number of piperidine rings is 1.